The second-order valence-electron chi connectivity index (χ2n) is 2.58. The molecule has 0 aliphatic carbocycles. The number of nitro groups is 1. The average molecular weight is 265 g/mol. The van der Waals surface area contributed by atoms with Crippen LogP contribution in [0.4, 0.5) is 10.1 Å². The molecule has 0 radical (unpaired) electrons. The molecule has 0 atom stereocenters. The largest absolute Gasteiger partial charge is 0.323 e. The maximum atomic E-state index is 13.4. The molecule has 1 aromatic carbocycles. The first-order chi connectivity index (χ1) is 7.29. The first-order valence-electron chi connectivity index (χ1n) is 3.60. The standard InChI is InChI=1S/C7H2ClFN2O4S/c8-16(14,15)5-2-1-4(3-10)7(6(5)9)11(12)13/h1-2H. The third kappa shape index (κ3) is 2.10. The second-order valence-corrected chi connectivity index (χ2v) is 5.11. The van der Waals surface area contributed by atoms with Crippen molar-refractivity contribution in [2.75, 3.05) is 0 Å². The Labute approximate surface area is 93.4 Å². The molecule has 16 heavy (non-hydrogen) atoms. The van der Waals surface area contributed by atoms with E-state index >= 15 is 0 Å². The van der Waals surface area contributed by atoms with Crippen LogP contribution in [0.2, 0.25) is 0 Å². The molecule has 0 spiro atoms. The minimum absolute atomic E-state index is 0.577. The fourth-order valence-corrected chi connectivity index (χ4v) is 1.90. The Morgan fingerprint density at radius 2 is 2.06 bits per heavy atom. The molecule has 0 saturated carbocycles. The van der Waals surface area contributed by atoms with Gasteiger partial charge in [-0.25, -0.2) is 8.42 Å². The normalized spacial score (nSPS) is 10.8. The lowest BCUT2D eigenvalue weighted by Crippen LogP contribution is -2.02. The van der Waals surface area contributed by atoms with E-state index in [0.29, 0.717) is 6.07 Å². The van der Waals surface area contributed by atoms with Gasteiger partial charge >= 0.3 is 5.69 Å². The van der Waals surface area contributed by atoms with Gasteiger partial charge in [0.15, 0.2) is 0 Å². The highest BCUT2D eigenvalue weighted by Crippen LogP contribution is 2.29. The number of nitriles is 1. The van der Waals surface area contributed by atoms with E-state index in [0.717, 1.165) is 6.07 Å². The summed E-state index contributed by atoms with van der Waals surface area (Å²) in [7, 11) is 0.432. The molecule has 0 bridgehead atoms. The van der Waals surface area contributed by atoms with E-state index in [4.69, 9.17) is 15.9 Å². The lowest BCUT2D eigenvalue weighted by molar-refractivity contribution is -0.388. The van der Waals surface area contributed by atoms with Gasteiger partial charge in [-0.05, 0) is 12.1 Å². The van der Waals surface area contributed by atoms with Gasteiger partial charge in [0.1, 0.15) is 16.5 Å². The summed E-state index contributed by atoms with van der Waals surface area (Å²) in [6.45, 7) is 0. The number of rotatable bonds is 2. The predicted octanol–water partition coefficient (Wildman–Crippen LogP) is 1.53. The highest BCUT2D eigenvalue weighted by Gasteiger charge is 2.28. The van der Waals surface area contributed by atoms with Crippen LogP contribution in [0.5, 0.6) is 0 Å². The fraction of sp³-hybridized carbons (Fsp3) is 0. The van der Waals surface area contributed by atoms with Crippen molar-refractivity contribution in [2.24, 2.45) is 0 Å². The van der Waals surface area contributed by atoms with Gasteiger partial charge in [-0.1, -0.05) is 0 Å². The number of nitro benzene ring substituents is 1. The van der Waals surface area contributed by atoms with Crippen molar-refractivity contribution < 1.29 is 17.7 Å². The van der Waals surface area contributed by atoms with Gasteiger partial charge in [0.25, 0.3) is 9.05 Å². The molecular weight excluding hydrogens is 263 g/mol. The summed E-state index contributed by atoms with van der Waals surface area (Å²) in [4.78, 5) is 8.25. The first-order valence-corrected chi connectivity index (χ1v) is 5.91. The van der Waals surface area contributed by atoms with Crippen LogP contribution in [0, 0.1) is 27.3 Å². The van der Waals surface area contributed by atoms with E-state index in [9.17, 15) is 22.9 Å². The second kappa shape index (κ2) is 4.03. The summed E-state index contributed by atoms with van der Waals surface area (Å²) < 4.78 is 35.1. The monoisotopic (exact) mass is 264 g/mol. The van der Waals surface area contributed by atoms with Gasteiger partial charge in [0, 0.05) is 10.7 Å². The van der Waals surface area contributed by atoms with Crippen LogP contribution in [0.15, 0.2) is 17.0 Å². The van der Waals surface area contributed by atoms with E-state index in [1.165, 1.54) is 6.07 Å². The summed E-state index contributed by atoms with van der Waals surface area (Å²) >= 11 is 0. The molecule has 0 saturated heterocycles. The Hall–Kier alpha value is -1.72. The van der Waals surface area contributed by atoms with Crippen molar-refractivity contribution in [1.29, 1.82) is 5.26 Å². The van der Waals surface area contributed by atoms with Gasteiger partial charge in [-0.15, -0.1) is 0 Å². The highest BCUT2D eigenvalue weighted by atomic mass is 35.7. The summed E-state index contributed by atoms with van der Waals surface area (Å²) in [6.07, 6.45) is 0. The van der Waals surface area contributed by atoms with Crippen LogP contribution in [0.1, 0.15) is 5.56 Å². The Morgan fingerprint density at radius 3 is 2.44 bits per heavy atom. The lowest BCUT2D eigenvalue weighted by Gasteiger charge is -2.00. The van der Waals surface area contributed by atoms with Crippen molar-refractivity contribution in [2.45, 2.75) is 4.90 Å². The van der Waals surface area contributed by atoms with Crippen molar-refractivity contribution in [3.63, 3.8) is 0 Å². The Bertz CT molecular complexity index is 608. The fourth-order valence-electron chi connectivity index (χ4n) is 1.00. The topological polar surface area (TPSA) is 101 Å². The number of hydrogen-bond donors (Lipinski definition) is 0. The molecule has 0 aliphatic heterocycles. The van der Waals surface area contributed by atoms with E-state index in [1.54, 1.807) is 0 Å². The molecule has 0 N–H and O–H groups in total. The maximum Gasteiger partial charge on any atom is 0.323 e. The van der Waals surface area contributed by atoms with Gasteiger partial charge in [-0.3, -0.25) is 10.1 Å². The van der Waals surface area contributed by atoms with Gasteiger partial charge in [0.2, 0.25) is 5.82 Å². The van der Waals surface area contributed by atoms with Crippen LogP contribution in [0.25, 0.3) is 0 Å². The molecule has 0 aliphatic rings. The molecule has 0 unspecified atom stereocenters. The predicted molar refractivity (Wildman–Crippen MR) is 50.8 cm³/mol. The van der Waals surface area contributed by atoms with Crippen LogP contribution >= 0.6 is 10.7 Å². The van der Waals surface area contributed by atoms with Crippen LogP contribution < -0.4 is 0 Å². The van der Waals surface area contributed by atoms with Gasteiger partial charge in [-0.2, -0.15) is 9.65 Å². The quantitative estimate of drug-likeness (QED) is 0.458. The third-order valence-electron chi connectivity index (χ3n) is 1.65. The molecule has 9 heteroatoms. The maximum absolute atomic E-state index is 13.4. The highest BCUT2D eigenvalue weighted by molar-refractivity contribution is 8.13. The van der Waals surface area contributed by atoms with Gasteiger partial charge in [0.05, 0.1) is 4.92 Å². The Morgan fingerprint density at radius 1 is 1.50 bits per heavy atom. The zero-order valence-electron chi connectivity index (χ0n) is 7.35. The molecule has 0 heterocycles. The van der Waals surface area contributed by atoms with Crippen molar-refractivity contribution in [3.05, 3.63) is 33.6 Å². The first kappa shape index (κ1) is 12.4. The van der Waals surface area contributed by atoms with E-state index in [2.05, 4.69) is 0 Å². The Kier molecular flexibility index (Phi) is 3.11. The minimum atomic E-state index is -4.43. The number of nitrogens with zero attached hydrogens (tertiary/aromatic N) is 2. The smallest absolute Gasteiger partial charge is 0.258 e. The molecule has 6 nitrogen and oxygen atoms in total. The summed E-state index contributed by atoms with van der Waals surface area (Å²) in [5.41, 5.74) is -1.78. The molecule has 0 fully saturated rings. The SMILES string of the molecule is N#Cc1ccc(S(=O)(=O)Cl)c(F)c1[N+](=O)[O-]. The number of hydrogen-bond acceptors (Lipinski definition) is 5. The molecule has 1 aromatic rings. The van der Waals surface area contributed by atoms with E-state index in [-0.39, 0.29) is 0 Å². The number of benzene rings is 1. The van der Waals surface area contributed by atoms with E-state index < -0.39 is 35.9 Å². The van der Waals surface area contributed by atoms with Crippen molar-refractivity contribution >= 4 is 25.4 Å². The van der Waals surface area contributed by atoms with Crippen LogP contribution in [-0.4, -0.2) is 13.3 Å². The van der Waals surface area contributed by atoms with E-state index in [1.807, 2.05) is 0 Å². The van der Waals surface area contributed by atoms with Gasteiger partial charge < -0.3 is 0 Å². The van der Waals surface area contributed by atoms with Crippen LogP contribution in [0.3, 0.4) is 0 Å². The zero-order chi connectivity index (χ0) is 12.5. The Balaban J connectivity index is 3.72. The molecule has 1 rings (SSSR count). The summed E-state index contributed by atoms with van der Waals surface area (Å²) in [5.74, 6) is -1.64. The van der Waals surface area contributed by atoms with Crippen LogP contribution in [-0.2, 0) is 9.05 Å². The zero-order valence-corrected chi connectivity index (χ0v) is 8.92. The van der Waals surface area contributed by atoms with Crippen molar-refractivity contribution in [3.8, 4) is 6.07 Å². The molecule has 0 amide bonds. The summed E-state index contributed by atoms with van der Waals surface area (Å²) in [6, 6.07) is 2.89. The number of halogens is 2. The molecular formula is C7H2ClFN2O4S. The molecule has 84 valence electrons. The van der Waals surface area contributed by atoms with Crippen molar-refractivity contribution in [1.82, 2.24) is 0 Å². The average Bonchev–Trinajstić information content (AvgIpc) is 2.14. The third-order valence-corrected chi connectivity index (χ3v) is 2.99. The minimum Gasteiger partial charge on any atom is -0.258 e. The molecule has 0 aromatic heterocycles. The lowest BCUT2D eigenvalue weighted by atomic mass is 10.2. The summed E-state index contributed by atoms with van der Waals surface area (Å²) in [5, 5.41) is 18.9.